The molecular formula is C12H15N3O2S2. The average Bonchev–Trinajstić information content (AvgIpc) is 2.86. The number of thiophene rings is 1. The van der Waals surface area contributed by atoms with Crippen molar-refractivity contribution in [2.75, 3.05) is 11.3 Å². The van der Waals surface area contributed by atoms with Crippen LogP contribution in [0, 0.1) is 0 Å². The van der Waals surface area contributed by atoms with Crippen molar-refractivity contribution in [1.82, 2.24) is 10.3 Å². The van der Waals surface area contributed by atoms with Crippen LogP contribution >= 0.6 is 11.3 Å². The van der Waals surface area contributed by atoms with Gasteiger partial charge in [-0.25, -0.2) is 8.42 Å². The molecule has 0 fully saturated rings. The maximum Gasteiger partial charge on any atom is 0.271 e. The average molecular weight is 297 g/mol. The Kier molecular flexibility index (Phi) is 4.52. The predicted octanol–water partition coefficient (Wildman–Crippen LogP) is 2.05. The van der Waals surface area contributed by atoms with Crippen molar-refractivity contribution >= 4 is 27.0 Å². The van der Waals surface area contributed by atoms with Crippen molar-refractivity contribution in [2.45, 2.75) is 17.7 Å². The van der Waals surface area contributed by atoms with Gasteiger partial charge in [0.15, 0.2) is 0 Å². The molecule has 0 aromatic carbocycles. The highest BCUT2D eigenvalue weighted by atomic mass is 32.2. The summed E-state index contributed by atoms with van der Waals surface area (Å²) in [4.78, 5) is 3.87. The van der Waals surface area contributed by atoms with Crippen LogP contribution in [0.2, 0.25) is 0 Å². The first kappa shape index (κ1) is 14.0. The van der Waals surface area contributed by atoms with Gasteiger partial charge >= 0.3 is 0 Å². The van der Waals surface area contributed by atoms with E-state index in [9.17, 15) is 8.42 Å². The number of hydrogen-bond acceptors (Lipinski definition) is 5. The third-order valence-electron chi connectivity index (χ3n) is 2.39. The summed E-state index contributed by atoms with van der Waals surface area (Å²) in [7, 11) is -3.52. The summed E-state index contributed by atoms with van der Waals surface area (Å²) in [5.41, 5.74) is 1.43. The largest absolute Gasteiger partial charge is 0.313 e. The lowest BCUT2D eigenvalue weighted by atomic mass is 10.3. The molecular weight excluding hydrogens is 282 g/mol. The van der Waals surface area contributed by atoms with Gasteiger partial charge in [-0.2, -0.15) is 0 Å². The second kappa shape index (κ2) is 6.14. The molecule has 2 heterocycles. The number of nitrogens with zero attached hydrogens (tertiary/aromatic N) is 1. The van der Waals surface area contributed by atoms with Gasteiger partial charge in [0.25, 0.3) is 10.0 Å². The predicted molar refractivity (Wildman–Crippen MR) is 76.7 cm³/mol. The minimum Gasteiger partial charge on any atom is -0.313 e. The minimum absolute atomic E-state index is 0.309. The second-order valence-corrected chi connectivity index (χ2v) is 6.72. The monoisotopic (exact) mass is 297 g/mol. The van der Waals surface area contributed by atoms with E-state index < -0.39 is 10.0 Å². The zero-order valence-electron chi connectivity index (χ0n) is 10.5. The maximum absolute atomic E-state index is 12.1. The van der Waals surface area contributed by atoms with Crippen molar-refractivity contribution < 1.29 is 8.42 Å². The molecule has 0 aliphatic heterocycles. The van der Waals surface area contributed by atoms with Crippen molar-refractivity contribution in [3.8, 4) is 0 Å². The van der Waals surface area contributed by atoms with Crippen molar-refractivity contribution in [3.05, 3.63) is 41.5 Å². The highest BCUT2D eigenvalue weighted by Gasteiger charge is 2.16. The molecule has 102 valence electrons. The van der Waals surface area contributed by atoms with Gasteiger partial charge in [-0.3, -0.25) is 9.71 Å². The molecule has 0 unspecified atom stereocenters. The summed E-state index contributed by atoms with van der Waals surface area (Å²) in [6.07, 6.45) is 3.07. The Hall–Kier alpha value is -1.44. The smallest absolute Gasteiger partial charge is 0.271 e. The molecule has 0 radical (unpaired) electrons. The number of anilines is 1. The van der Waals surface area contributed by atoms with E-state index in [2.05, 4.69) is 15.0 Å². The van der Waals surface area contributed by atoms with Crippen molar-refractivity contribution in [1.29, 1.82) is 0 Å². The fourth-order valence-corrected chi connectivity index (χ4v) is 3.74. The summed E-state index contributed by atoms with van der Waals surface area (Å²) in [6.45, 7) is 3.54. The van der Waals surface area contributed by atoms with Gasteiger partial charge in [-0.05, 0) is 35.7 Å². The van der Waals surface area contributed by atoms with E-state index in [1.165, 1.54) is 17.5 Å². The third-order valence-corrected chi connectivity index (χ3v) is 5.26. The number of aromatic nitrogens is 1. The van der Waals surface area contributed by atoms with Gasteiger partial charge in [0, 0.05) is 12.7 Å². The molecule has 2 aromatic heterocycles. The molecule has 0 bridgehead atoms. The number of pyridine rings is 1. The van der Waals surface area contributed by atoms with Crippen molar-refractivity contribution in [3.63, 3.8) is 0 Å². The summed E-state index contributed by atoms with van der Waals surface area (Å²) in [5.74, 6) is 0. The van der Waals surface area contributed by atoms with Gasteiger partial charge in [0.05, 0.1) is 11.9 Å². The summed E-state index contributed by atoms with van der Waals surface area (Å²) in [5, 5.41) is 5.01. The summed E-state index contributed by atoms with van der Waals surface area (Å²) in [6, 6.07) is 5.03. The number of sulfonamides is 1. The molecule has 0 atom stereocenters. The topological polar surface area (TPSA) is 71.1 Å². The van der Waals surface area contributed by atoms with Crippen LogP contribution in [0.15, 0.2) is 40.2 Å². The highest BCUT2D eigenvalue weighted by molar-refractivity contribution is 7.94. The lowest BCUT2D eigenvalue weighted by Crippen LogP contribution is -2.12. The minimum atomic E-state index is -3.52. The lowest BCUT2D eigenvalue weighted by Gasteiger charge is -2.04. The molecule has 2 rings (SSSR count). The molecule has 0 saturated heterocycles. The van der Waals surface area contributed by atoms with Crippen LogP contribution in [0.4, 0.5) is 5.69 Å². The van der Waals surface area contributed by atoms with Crippen LogP contribution in [0.1, 0.15) is 12.5 Å². The standard InChI is InChI=1S/C12H15N3O2S2/c1-2-13-7-10-6-12(18-9-10)19(16,17)15-11-4-3-5-14-8-11/h3-6,8-9,13,15H,2,7H2,1H3. The summed E-state index contributed by atoms with van der Waals surface area (Å²) < 4.78 is 27.1. The highest BCUT2D eigenvalue weighted by Crippen LogP contribution is 2.22. The Bertz CT molecular complexity index is 623. The van der Waals surface area contributed by atoms with Crippen LogP contribution in [0.25, 0.3) is 0 Å². The zero-order valence-corrected chi connectivity index (χ0v) is 12.1. The third kappa shape index (κ3) is 3.76. The van der Waals surface area contributed by atoms with E-state index in [-0.39, 0.29) is 0 Å². The first-order valence-corrected chi connectivity index (χ1v) is 8.19. The molecule has 0 amide bonds. The Labute approximate surface area is 116 Å². The molecule has 0 aliphatic rings. The first-order valence-electron chi connectivity index (χ1n) is 5.83. The maximum atomic E-state index is 12.1. The fourth-order valence-electron chi connectivity index (χ4n) is 1.48. The lowest BCUT2D eigenvalue weighted by molar-refractivity contribution is 0.603. The van der Waals surface area contributed by atoms with E-state index in [1.807, 2.05) is 12.3 Å². The summed E-state index contributed by atoms with van der Waals surface area (Å²) >= 11 is 1.22. The fraction of sp³-hybridized carbons (Fsp3) is 0.250. The number of rotatable bonds is 6. The Morgan fingerprint density at radius 3 is 2.95 bits per heavy atom. The van der Waals surface area contributed by atoms with Gasteiger partial charge < -0.3 is 5.32 Å². The Balaban J connectivity index is 2.13. The van der Waals surface area contributed by atoms with E-state index in [0.717, 1.165) is 12.1 Å². The molecule has 2 aromatic rings. The van der Waals surface area contributed by atoms with Crippen LogP contribution in [-0.4, -0.2) is 19.9 Å². The molecule has 0 saturated carbocycles. The van der Waals surface area contributed by atoms with Crippen molar-refractivity contribution in [2.24, 2.45) is 0 Å². The number of hydrogen-bond donors (Lipinski definition) is 2. The quantitative estimate of drug-likeness (QED) is 0.856. The van der Waals surface area contributed by atoms with Gasteiger partial charge in [0.1, 0.15) is 4.21 Å². The van der Waals surface area contributed by atoms with Crippen LogP contribution in [0.5, 0.6) is 0 Å². The van der Waals surface area contributed by atoms with Crippen LogP contribution in [0.3, 0.4) is 0 Å². The SMILES string of the molecule is CCNCc1csc(S(=O)(=O)Nc2cccnc2)c1. The van der Waals surface area contributed by atoms with E-state index in [0.29, 0.717) is 16.4 Å². The molecule has 0 aliphatic carbocycles. The number of nitrogens with one attached hydrogen (secondary N) is 2. The molecule has 5 nitrogen and oxygen atoms in total. The Morgan fingerprint density at radius 2 is 2.26 bits per heavy atom. The van der Waals surface area contributed by atoms with E-state index >= 15 is 0 Å². The molecule has 0 spiro atoms. The van der Waals surface area contributed by atoms with Gasteiger partial charge in [0.2, 0.25) is 0 Å². The Morgan fingerprint density at radius 1 is 1.42 bits per heavy atom. The van der Waals surface area contributed by atoms with E-state index in [4.69, 9.17) is 0 Å². The second-order valence-electron chi connectivity index (χ2n) is 3.90. The van der Waals surface area contributed by atoms with Crippen LogP contribution in [-0.2, 0) is 16.6 Å². The van der Waals surface area contributed by atoms with Crippen LogP contribution < -0.4 is 10.0 Å². The van der Waals surface area contributed by atoms with E-state index in [1.54, 1.807) is 24.4 Å². The van der Waals surface area contributed by atoms with Gasteiger partial charge in [-0.15, -0.1) is 11.3 Å². The zero-order chi connectivity index (χ0) is 13.7. The molecule has 2 N–H and O–H groups in total. The first-order chi connectivity index (χ1) is 9.12. The molecule has 19 heavy (non-hydrogen) atoms. The normalized spacial score (nSPS) is 11.4. The molecule has 7 heteroatoms. The van der Waals surface area contributed by atoms with Gasteiger partial charge in [-0.1, -0.05) is 6.92 Å².